The molecule has 0 saturated carbocycles. The zero-order chi connectivity index (χ0) is 18.2. The number of fused-ring (bicyclic) bond motifs is 1. The van der Waals surface area contributed by atoms with Gasteiger partial charge < -0.3 is 5.11 Å². The molecule has 25 heavy (non-hydrogen) atoms. The highest BCUT2D eigenvalue weighted by atomic mass is 127. The Bertz CT molecular complexity index is 1020. The number of alkyl halides is 3. The van der Waals surface area contributed by atoms with Crippen molar-refractivity contribution < 1.29 is 18.3 Å². The maximum atomic E-state index is 12.8. The van der Waals surface area contributed by atoms with Crippen LogP contribution in [0.2, 0.25) is 0 Å². The van der Waals surface area contributed by atoms with Gasteiger partial charge in [-0.25, -0.2) is 4.98 Å². The molecule has 1 heterocycles. The van der Waals surface area contributed by atoms with Crippen LogP contribution in [0.1, 0.15) is 16.1 Å². The molecule has 0 radical (unpaired) electrons. The van der Waals surface area contributed by atoms with E-state index in [4.69, 9.17) is 0 Å². The van der Waals surface area contributed by atoms with Gasteiger partial charge in [-0.1, -0.05) is 12.1 Å². The number of rotatable bonds is 2. The number of aliphatic hydroxyl groups is 1. The smallest absolute Gasteiger partial charge is 0.416 e. The molecule has 3 aromatic rings. The van der Waals surface area contributed by atoms with Crippen LogP contribution in [0.3, 0.4) is 0 Å². The van der Waals surface area contributed by atoms with Gasteiger partial charge in [-0.3, -0.25) is 0 Å². The van der Waals surface area contributed by atoms with Crippen LogP contribution >= 0.6 is 33.9 Å². The normalized spacial score (nSPS) is 12.8. The molecule has 1 aromatic heterocycles. The van der Waals surface area contributed by atoms with Crippen molar-refractivity contribution in [1.82, 2.24) is 4.98 Å². The summed E-state index contributed by atoms with van der Waals surface area (Å²) in [6.07, 6.45) is -4.46. The minimum atomic E-state index is -4.46. The van der Waals surface area contributed by atoms with E-state index in [0.29, 0.717) is 10.3 Å². The minimum absolute atomic E-state index is 0.0732. The van der Waals surface area contributed by atoms with Crippen LogP contribution in [0.4, 0.5) is 13.2 Å². The van der Waals surface area contributed by atoms with Crippen molar-refractivity contribution in [2.75, 3.05) is 0 Å². The van der Waals surface area contributed by atoms with Gasteiger partial charge in [0.1, 0.15) is 22.4 Å². The number of aliphatic hydroxyl groups excluding tert-OH is 1. The first-order valence-corrected chi connectivity index (χ1v) is 8.76. The van der Waals surface area contributed by atoms with Crippen molar-refractivity contribution in [2.24, 2.45) is 0 Å². The highest BCUT2D eigenvalue weighted by molar-refractivity contribution is 14.1. The molecular formula is C17H8F3IN2OS. The van der Waals surface area contributed by atoms with Crippen molar-refractivity contribution in [3.8, 4) is 6.07 Å². The molecule has 3 rings (SSSR count). The molecule has 2 aromatic carbocycles. The van der Waals surface area contributed by atoms with Gasteiger partial charge in [-0.15, -0.1) is 11.3 Å². The molecule has 0 unspecified atom stereocenters. The fourth-order valence-electron chi connectivity index (χ4n) is 2.16. The number of benzene rings is 2. The number of thiazole rings is 1. The van der Waals surface area contributed by atoms with E-state index >= 15 is 0 Å². The van der Waals surface area contributed by atoms with E-state index in [1.807, 2.05) is 6.07 Å². The van der Waals surface area contributed by atoms with Crippen LogP contribution < -0.4 is 0 Å². The van der Waals surface area contributed by atoms with E-state index in [-0.39, 0.29) is 21.9 Å². The summed E-state index contributed by atoms with van der Waals surface area (Å²) in [7, 11) is 0. The topological polar surface area (TPSA) is 56.9 Å². The molecule has 0 saturated heterocycles. The van der Waals surface area contributed by atoms with E-state index in [2.05, 4.69) is 27.6 Å². The second-order valence-corrected chi connectivity index (χ2v) is 7.32. The largest absolute Gasteiger partial charge is 0.506 e. The quantitative estimate of drug-likeness (QED) is 0.289. The van der Waals surface area contributed by atoms with Crippen LogP contribution in [0.25, 0.3) is 21.5 Å². The van der Waals surface area contributed by atoms with Crippen LogP contribution in [-0.4, -0.2) is 10.1 Å². The average molecular weight is 472 g/mol. The Balaban J connectivity index is 2.11. The number of allylic oxidation sites excluding steroid dienone is 1. The maximum Gasteiger partial charge on any atom is 0.416 e. The Hall–Kier alpha value is -2.12. The second kappa shape index (κ2) is 6.65. The van der Waals surface area contributed by atoms with Crippen molar-refractivity contribution in [3.05, 3.63) is 62.2 Å². The summed E-state index contributed by atoms with van der Waals surface area (Å²) >= 11 is 3.17. The molecule has 0 aliphatic heterocycles. The minimum Gasteiger partial charge on any atom is -0.506 e. The average Bonchev–Trinajstić information content (AvgIpc) is 2.98. The molecule has 0 fully saturated rings. The van der Waals surface area contributed by atoms with Crippen LogP contribution in [0.15, 0.2) is 42.5 Å². The standard InChI is InChI=1S/C17H8F3IN2OS/c18-17(19,20)10-3-6-14-13(7-10)23-16(25-14)12(8-22)15(24)9-1-4-11(21)5-2-9/h1-7,24H/b15-12-. The van der Waals surface area contributed by atoms with E-state index in [1.165, 1.54) is 6.07 Å². The Morgan fingerprint density at radius 2 is 1.84 bits per heavy atom. The van der Waals surface area contributed by atoms with Gasteiger partial charge in [0.2, 0.25) is 0 Å². The molecule has 0 atom stereocenters. The van der Waals surface area contributed by atoms with Crippen LogP contribution in [-0.2, 0) is 6.18 Å². The Kier molecular flexibility index (Phi) is 4.71. The lowest BCUT2D eigenvalue weighted by Gasteiger charge is -2.04. The second-order valence-electron chi connectivity index (χ2n) is 5.04. The summed E-state index contributed by atoms with van der Waals surface area (Å²) in [4.78, 5) is 4.10. The lowest BCUT2D eigenvalue weighted by atomic mass is 10.1. The Morgan fingerprint density at radius 3 is 2.44 bits per heavy atom. The number of nitriles is 1. The van der Waals surface area contributed by atoms with Crippen molar-refractivity contribution >= 4 is 55.5 Å². The monoisotopic (exact) mass is 472 g/mol. The van der Waals surface area contributed by atoms with Gasteiger partial charge in [0, 0.05) is 9.13 Å². The van der Waals surface area contributed by atoms with Gasteiger partial charge in [-0.05, 0) is 52.9 Å². The van der Waals surface area contributed by atoms with Crippen molar-refractivity contribution in [1.29, 1.82) is 5.26 Å². The maximum absolute atomic E-state index is 12.8. The van der Waals surface area contributed by atoms with E-state index in [0.717, 1.165) is 27.0 Å². The highest BCUT2D eigenvalue weighted by Gasteiger charge is 2.31. The predicted molar refractivity (Wildman–Crippen MR) is 98.8 cm³/mol. The summed E-state index contributed by atoms with van der Waals surface area (Å²) < 4.78 is 39.9. The molecule has 126 valence electrons. The third-order valence-electron chi connectivity index (χ3n) is 3.40. The number of aromatic nitrogens is 1. The zero-order valence-electron chi connectivity index (χ0n) is 12.3. The molecule has 8 heteroatoms. The molecule has 3 nitrogen and oxygen atoms in total. The van der Waals surface area contributed by atoms with E-state index < -0.39 is 11.7 Å². The molecule has 1 N–H and O–H groups in total. The highest BCUT2D eigenvalue weighted by Crippen LogP contribution is 2.35. The SMILES string of the molecule is N#C/C(=C(/O)c1ccc(I)cc1)c1nc2cc(C(F)(F)F)ccc2s1. The first kappa shape index (κ1) is 17.7. The summed E-state index contributed by atoms with van der Waals surface area (Å²) in [5.74, 6) is -0.256. The molecule has 0 aliphatic rings. The first-order valence-electron chi connectivity index (χ1n) is 6.87. The van der Waals surface area contributed by atoms with Crippen LogP contribution in [0, 0.1) is 14.9 Å². The lowest BCUT2D eigenvalue weighted by molar-refractivity contribution is -0.137. The van der Waals surface area contributed by atoms with Crippen LogP contribution in [0.5, 0.6) is 0 Å². The summed E-state index contributed by atoms with van der Waals surface area (Å²) in [6.45, 7) is 0. The van der Waals surface area contributed by atoms with Gasteiger partial charge in [-0.2, -0.15) is 18.4 Å². The third kappa shape index (κ3) is 3.62. The van der Waals surface area contributed by atoms with Crippen molar-refractivity contribution in [3.63, 3.8) is 0 Å². The number of halogens is 4. The van der Waals surface area contributed by atoms with Crippen molar-refractivity contribution in [2.45, 2.75) is 6.18 Å². The van der Waals surface area contributed by atoms with Gasteiger partial charge in [0.25, 0.3) is 0 Å². The number of nitrogens with zero attached hydrogens (tertiary/aromatic N) is 2. The molecular weight excluding hydrogens is 464 g/mol. The van der Waals surface area contributed by atoms with Gasteiger partial charge >= 0.3 is 6.18 Å². The van der Waals surface area contributed by atoms with Gasteiger partial charge in [0.05, 0.1) is 15.8 Å². The predicted octanol–water partition coefficient (Wildman–Crippen LogP) is 5.87. The summed E-state index contributed by atoms with van der Waals surface area (Å²) in [5.41, 5.74) is -0.303. The Morgan fingerprint density at radius 1 is 1.16 bits per heavy atom. The fraction of sp³-hybridized carbons (Fsp3) is 0.0588. The summed E-state index contributed by atoms with van der Waals surface area (Å²) in [5, 5.41) is 19.9. The van der Waals surface area contributed by atoms with E-state index in [9.17, 15) is 23.5 Å². The van der Waals surface area contributed by atoms with Gasteiger partial charge in [0.15, 0.2) is 0 Å². The summed E-state index contributed by atoms with van der Waals surface area (Å²) in [6, 6.07) is 12.0. The van der Waals surface area contributed by atoms with E-state index in [1.54, 1.807) is 24.3 Å². The molecule has 0 amide bonds. The lowest BCUT2D eigenvalue weighted by Crippen LogP contribution is -2.03. The first-order chi connectivity index (χ1) is 11.8. The molecule has 0 aliphatic carbocycles. The fourth-order valence-corrected chi connectivity index (χ4v) is 3.47. The Labute approximate surface area is 158 Å². The number of hydrogen-bond acceptors (Lipinski definition) is 4. The third-order valence-corrected chi connectivity index (χ3v) is 5.17. The number of hydrogen-bond donors (Lipinski definition) is 1. The molecule has 0 bridgehead atoms. The zero-order valence-corrected chi connectivity index (χ0v) is 15.3. The molecule has 0 spiro atoms.